The standard InChI is InChI=1S/C10H15N3.2ClH/c1-8-5-7-12-10(13-8)9-4-2-3-6-11-9;;/h5,7,9,11H,2-4,6H2,1H3;2*1H. The zero-order chi connectivity index (χ0) is 9.10. The van der Waals surface area contributed by atoms with Crippen molar-refractivity contribution in [1.82, 2.24) is 15.3 Å². The Bertz CT molecular complexity index is 288. The van der Waals surface area contributed by atoms with Gasteiger partial charge >= 0.3 is 0 Å². The van der Waals surface area contributed by atoms with Crippen molar-refractivity contribution in [2.75, 3.05) is 6.54 Å². The molecule has 0 spiro atoms. The maximum Gasteiger partial charge on any atom is 0.145 e. The molecule has 0 aromatic carbocycles. The largest absolute Gasteiger partial charge is 0.307 e. The van der Waals surface area contributed by atoms with Crippen LogP contribution in [0.1, 0.15) is 36.8 Å². The number of aryl methyl sites for hydroxylation is 1. The summed E-state index contributed by atoms with van der Waals surface area (Å²) in [4.78, 5) is 8.71. The van der Waals surface area contributed by atoms with Crippen molar-refractivity contribution in [3.05, 3.63) is 23.8 Å². The topological polar surface area (TPSA) is 37.8 Å². The highest BCUT2D eigenvalue weighted by molar-refractivity contribution is 5.85. The van der Waals surface area contributed by atoms with Crippen molar-refractivity contribution >= 4 is 24.8 Å². The Morgan fingerprint density at radius 3 is 2.73 bits per heavy atom. The number of aromatic nitrogens is 2. The van der Waals surface area contributed by atoms with Crippen LogP contribution in [0.4, 0.5) is 0 Å². The molecule has 1 fully saturated rings. The second kappa shape index (κ2) is 6.99. The molecule has 1 N–H and O–H groups in total. The Balaban J connectivity index is 0.000000980. The first-order valence-corrected chi connectivity index (χ1v) is 4.89. The van der Waals surface area contributed by atoms with Crippen molar-refractivity contribution in [1.29, 1.82) is 0 Å². The van der Waals surface area contributed by atoms with Gasteiger partial charge in [-0.25, -0.2) is 9.97 Å². The van der Waals surface area contributed by atoms with Gasteiger partial charge in [-0.05, 0) is 32.4 Å². The van der Waals surface area contributed by atoms with Crippen LogP contribution in [0.15, 0.2) is 12.3 Å². The quantitative estimate of drug-likeness (QED) is 0.831. The van der Waals surface area contributed by atoms with Crippen molar-refractivity contribution in [3.63, 3.8) is 0 Å². The molecule has 5 heteroatoms. The smallest absolute Gasteiger partial charge is 0.145 e. The normalized spacial score (nSPS) is 19.9. The van der Waals surface area contributed by atoms with Gasteiger partial charge in [0.05, 0.1) is 6.04 Å². The fourth-order valence-corrected chi connectivity index (χ4v) is 1.71. The molecule has 86 valence electrons. The van der Waals surface area contributed by atoms with Gasteiger partial charge in [-0.15, -0.1) is 24.8 Å². The Morgan fingerprint density at radius 2 is 2.13 bits per heavy atom. The van der Waals surface area contributed by atoms with Gasteiger partial charge in [0.25, 0.3) is 0 Å². The van der Waals surface area contributed by atoms with Gasteiger partial charge < -0.3 is 5.32 Å². The van der Waals surface area contributed by atoms with Crippen LogP contribution in [0.5, 0.6) is 0 Å². The predicted octanol–water partition coefficient (Wildman–Crippen LogP) is 2.44. The molecule has 1 aromatic heterocycles. The summed E-state index contributed by atoms with van der Waals surface area (Å²) >= 11 is 0. The molecule has 0 radical (unpaired) electrons. The highest BCUT2D eigenvalue weighted by Gasteiger charge is 2.16. The third-order valence-corrected chi connectivity index (χ3v) is 2.44. The van der Waals surface area contributed by atoms with E-state index in [1.165, 1.54) is 19.3 Å². The summed E-state index contributed by atoms with van der Waals surface area (Å²) in [6, 6.07) is 2.32. The summed E-state index contributed by atoms with van der Waals surface area (Å²) in [5, 5.41) is 3.44. The fraction of sp³-hybridized carbons (Fsp3) is 0.600. The van der Waals surface area contributed by atoms with Gasteiger partial charge in [0, 0.05) is 11.9 Å². The second-order valence-electron chi connectivity index (χ2n) is 3.56. The summed E-state index contributed by atoms with van der Waals surface area (Å²) in [6.45, 7) is 3.11. The van der Waals surface area contributed by atoms with Crippen molar-refractivity contribution < 1.29 is 0 Å². The number of piperidine rings is 1. The monoisotopic (exact) mass is 249 g/mol. The van der Waals surface area contributed by atoms with E-state index < -0.39 is 0 Å². The van der Waals surface area contributed by atoms with Crippen LogP contribution >= 0.6 is 24.8 Å². The molecule has 1 unspecified atom stereocenters. The molecule has 2 heterocycles. The number of halogens is 2. The van der Waals surface area contributed by atoms with Gasteiger partial charge in [0.15, 0.2) is 0 Å². The van der Waals surface area contributed by atoms with E-state index in [0.717, 1.165) is 18.1 Å². The predicted molar refractivity (Wildman–Crippen MR) is 65.9 cm³/mol. The van der Waals surface area contributed by atoms with E-state index in [2.05, 4.69) is 15.3 Å². The first-order chi connectivity index (χ1) is 6.36. The number of hydrogen-bond donors (Lipinski definition) is 1. The van der Waals surface area contributed by atoms with E-state index in [1.807, 2.05) is 19.2 Å². The highest BCUT2D eigenvalue weighted by Crippen LogP contribution is 2.19. The van der Waals surface area contributed by atoms with Crippen molar-refractivity contribution in [2.45, 2.75) is 32.2 Å². The Morgan fingerprint density at radius 1 is 1.33 bits per heavy atom. The lowest BCUT2D eigenvalue weighted by atomic mass is 10.0. The molecule has 3 nitrogen and oxygen atoms in total. The maximum absolute atomic E-state index is 4.42. The molecule has 1 aliphatic rings. The van der Waals surface area contributed by atoms with E-state index in [9.17, 15) is 0 Å². The lowest BCUT2D eigenvalue weighted by molar-refractivity contribution is 0.396. The Labute approximate surface area is 103 Å². The summed E-state index contributed by atoms with van der Waals surface area (Å²) in [6.07, 6.45) is 5.58. The maximum atomic E-state index is 4.42. The van der Waals surface area contributed by atoms with E-state index in [4.69, 9.17) is 0 Å². The van der Waals surface area contributed by atoms with Gasteiger partial charge in [0.2, 0.25) is 0 Å². The molecule has 1 atom stereocenters. The molecule has 0 amide bonds. The molecule has 15 heavy (non-hydrogen) atoms. The molecule has 1 aromatic rings. The summed E-state index contributed by atoms with van der Waals surface area (Å²) in [5.41, 5.74) is 1.05. The molecule has 1 saturated heterocycles. The first-order valence-electron chi connectivity index (χ1n) is 4.89. The van der Waals surface area contributed by atoms with E-state index >= 15 is 0 Å². The minimum Gasteiger partial charge on any atom is -0.307 e. The van der Waals surface area contributed by atoms with E-state index in [1.54, 1.807) is 0 Å². The molecule has 2 rings (SSSR count). The minimum absolute atomic E-state index is 0. The summed E-state index contributed by atoms with van der Waals surface area (Å²) in [5.74, 6) is 0.958. The first kappa shape index (κ1) is 14.6. The molecular weight excluding hydrogens is 233 g/mol. The lowest BCUT2D eigenvalue weighted by Gasteiger charge is -2.21. The van der Waals surface area contributed by atoms with E-state index in [0.29, 0.717) is 6.04 Å². The molecular formula is C10H17Cl2N3. The lowest BCUT2D eigenvalue weighted by Crippen LogP contribution is -2.28. The zero-order valence-corrected chi connectivity index (χ0v) is 10.4. The van der Waals surface area contributed by atoms with Crippen LogP contribution in [-0.2, 0) is 0 Å². The average Bonchev–Trinajstić information content (AvgIpc) is 2.19. The van der Waals surface area contributed by atoms with Crippen molar-refractivity contribution in [3.8, 4) is 0 Å². The summed E-state index contributed by atoms with van der Waals surface area (Å²) in [7, 11) is 0. The van der Waals surface area contributed by atoms with Crippen LogP contribution in [0.25, 0.3) is 0 Å². The minimum atomic E-state index is 0. The van der Waals surface area contributed by atoms with Crippen LogP contribution < -0.4 is 5.32 Å². The van der Waals surface area contributed by atoms with Crippen molar-refractivity contribution in [2.24, 2.45) is 0 Å². The van der Waals surface area contributed by atoms with Gasteiger partial charge in [-0.1, -0.05) is 6.42 Å². The highest BCUT2D eigenvalue weighted by atomic mass is 35.5. The molecule has 0 aliphatic carbocycles. The van der Waals surface area contributed by atoms with E-state index in [-0.39, 0.29) is 24.8 Å². The number of nitrogens with zero attached hydrogens (tertiary/aromatic N) is 2. The molecule has 0 bridgehead atoms. The van der Waals surface area contributed by atoms with Crippen LogP contribution in [0.2, 0.25) is 0 Å². The van der Waals surface area contributed by atoms with Gasteiger partial charge in [-0.3, -0.25) is 0 Å². The number of rotatable bonds is 1. The Kier molecular flexibility index (Phi) is 6.81. The molecule has 0 saturated carbocycles. The fourth-order valence-electron chi connectivity index (χ4n) is 1.71. The third-order valence-electron chi connectivity index (χ3n) is 2.44. The number of hydrogen-bond acceptors (Lipinski definition) is 3. The van der Waals surface area contributed by atoms with Gasteiger partial charge in [0.1, 0.15) is 5.82 Å². The average molecular weight is 250 g/mol. The zero-order valence-electron chi connectivity index (χ0n) is 8.77. The van der Waals surface area contributed by atoms with Crippen LogP contribution in [-0.4, -0.2) is 16.5 Å². The van der Waals surface area contributed by atoms with Crippen LogP contribution in [0, 0.1) is 6.92 Å². The second-order valence-corrected chi connectivity index (χ2v) is 3.56. The Hall–Kier alpha value is -0.380. The number of nitrogens with one attached hydrogen (secondary N) is 1. The third kappa shape index (κ3) is 3.93. The summed E-state index contributed by atoms with van der Waals surface area (Å²) < 4.78 is 0. The van der Waals surface area contributed by atoms with Crippen LogP contribution in [0.3, 0.4) is 0 Å². The molecule has 1 aliphatic heterocycles. The SMILES string of the molecule is Cc1ccnc(C2CCCCN2)n1.Cl.Cl. The van der Waals surface area contributed by atoms with Gasteiger partial charge in [-0.2, -0.15) is 0 Å².